The molecule has 1 N–H and O–H groups in total. The molecule has 1 aromatic rings. The molecule has 16 heavy (non-hydrogen) atoms. The standard InChI is InChI=1S/C12H16ClFN2/c1-8-7-16(9(2)6-15-8)10-3-4-11(13)12(14)5-10/h3-5,8-9,15H,6-7H2,1-2H3. The van der Waals surface area contributed by atoms with Crippen molar-refractivity contribution in [2.24, 2.45) is 0 Å². The first-order valence-corrected chi connectivity index (χ1v) is 5.91. The Bertz CT molecular complexity index is 383. The van der Waals surface area contributed by atoms with Crippen LogP contribution in [0, 0.1) is 5.82 Å². The van der Waals surface area contributed by atoms with Crippen LogP contribution in [-0.4, -0.2) is 25.2 Å². The number of halogens is 2. The molecule has 1 aliphatic rings. The van der Waals surface area contributed by atoms with Gasteiger partial charge in [0.25, 0.3) is 0 Å². The Kier molecular flexibility index (Phi) is 3.36. The lowest BCUT2D eigenvalue weighted by Gasteiger charge is -2.39. The van der Waals surface area contributed by atoms with Crippen LogP contribution in [0.5, 0.6) is 0 Å². The largest absolute Gasteiger partial charge is 0.366 e. The van der Waals surface area contributed by atoms with Gasteiger partial charge in [0.2, 0.25) is 0 Å². The van der Waals surface area contributed by atoms with Gasteiger partial charge in [0.1, 0.15) is 5.82 Å². The molecule has 1 aliphatic heterocycles. The molecule has 2 unspecified atom stereocenters. The minimum atomic E-state index is -0.349. The van der Waals surface area contributed by atoms with Crippen LogP contribution in [-0.2, 0) is 0 Å². The summed E-state index contributed by atoms with van der Waals surface area (Å²) in [4.78, 5) is 2.21. The topological polar surface area (TPSA) is 15.3 Å². The molecule has 0 amide bonds. The van der Waals surface area contributed by atoms with E-state index in [1.165, 1.54) is 6.07 Å². The highest BCUT2D eigenvalue weighted by atomic mass is 35.5. The fourth-order valence-corrected chi connectivity index (χ4v) is 2.16. The van der Waals surface area contributed by atoms with E-state index in [0.717, 1.165) is 18.8 Å². The smallest absolute Gasteiger partial charge is 0.143 e. The molecule has 0 aliphatic carbocycles. The molecule has 0 spiro atoms. The number of anilines is 1. The summed E-state index contributed by atoms with van der Waals surface area (Å²) in [5, 5.41) is 3.58. The number of nitrogens with one attached hydrogen (secondary N) is 1. The molecule has 1 fully saturated rings. The zero-order valence-corrected chi connectivity index (χ0v) is 10.3. The summed E-state index contributed by atoms with van der Waals surface area (Å²) < 4.78 is 13.4. The van der Waals surface area contributed by atoms with Crippen molar-refractivity contribution in [1.29, 1.82) is 0 Å². The van der Waals surface area contributed by atoms with Crippen LogP contribution < -0.4 is 10.2 Å². The van der Waals surface area contributed by atoms with E-state index in [2.05, 4.69) is 24.1 Å². The van der Waals surface area contributed by atoms with Crippen LogP contribution in [0.1, 0.15) is 13.8 Å². The summed E-state index contributed by atoms with van der Waals surface area (Å²) in [6.45, 7) is 6.07. The summed E-state index contributed by atoms with van der Waals surface area (Å²) in [7, 11) is 0. The van der Waals surface area contributed by atoms with Crippen molar-refractivity contribution in [1.82, 2.24) is 5.32 Å². The summed E-state index contributed by atoms with van der Waals surface area (Å²) in [6.07, 6.45) is 0. The number of rotatable bonds is 1. The van der Waals surface area contributed by atoms with Crippen LogP contribution in [0.2, 0.25) is 5.02 Å². The molecule has 0 radical (unpaired) electrons. The van der Waals surface area contributed by atoms with Gasteiger partial charge in [-0.05, 0) is 32.0 Å². The third-order valence-electron chi connectivity index (χ3n) is 3.00. The van der Waals surface area contributed by atoms with Gasteiger partial charge in [-0.3, -0.25) is 0 Å². The Labute approximate surface area is 100 Å². The lowest BCUT2D eigenvalue weighted by molar-refractivity contribution is 0.424. The highest BCUT2D eigenvalue weighted by Crippen LogP contribution is 2.24. The second-order valence-electron chi connectivity index (χ2n) is 4.41. The highest BCUT2D eigenvalue weighted by molar-refractivity contribution is 6.30. The van der Waals surface area contributed by atoms with Gasteiger partial charge in [-0.2, -0.15) is 0 Å². The maximum absolute atomic E-state index is 13.4. The molecule has 1 aromatic carbocycles. The van der Waals surface area contributed by atoms with E-state index < -0.39 is 0 Å². The van der Waals surface area contributed by atoms with Crippen molar-refractivity contribution in [2.75, 3.05) is 18.0 Å². The Morgan fingerprint density at radius 1 is 1.44 bits per heavy atom. The predicted molar refractivity (Wildman–Crippen MR) is 65.7 cm³/mol. The van der Waals surface area contributed by atoms with Crippen molar-refractivity contribution in [2.45, 2.75) is 25.9 Å². The van der Waals surface area contributed by atoms with Crippen LogP contribution in [0.4, 0.5) is 10.1 Å². The molecule has 0 aromatic heterocycles. The molecule has 2 atom stereocenters. The quantitative estimate of drug-likeness (QED) is 0.815. The lowest BCUT2D eigenvalue weighted by Crippen LogP contribution is -2.54. The molecular formula is C12H16ClFN2. The first-order valence-electron chi connectivity index (χ1n) is 5.53. The number of nitrogens with zero attached hydrogens (tertiary/aromatic N) is 1. The highest BCUT2D eigenvalue weighted by Gasteiger charge is 2.22. The minimum Gasteiger partial charge on any atom is -0.366 e. The second kappa shape index (κ2) is 4.60. The molecule has 1 heterocycles. The van der Waals surface area contributed by atoms with E-state index in [0.29, 0.717) is 12.1 Å². The predicted octanol–water partition coefficient (Wildman–Crippen LogP) is 2.67. The Morgan fingerprint density at radius 2 is 2.19 bits per heavy atom. The summed E-state index contributed by atoms with van der Waals surface area (Å²) in [6, 6.07) is 5.80. The molecule has 4 heteroatoms. The van der Waals surface area contributed by atoms with Gasteiger partial charge in [0, 0.05) is 30.9 Å². The van der Waals surface area contributed by atoms with Gasteiger partial charge >= 0.3 is 0 Å². The van der Waals surface area contributed by atoms with Gasteiger partial charge in [-0.15, -0.1) is 0 Å². The average molecular weight is 243 g/mol. The number of hydrogen-bond donors (Lipinski definition) is 1. The summed E-state index contributed by atoms with van der Waals surface area (Å²) in [5.74, 6) is -0.349. The van der Waals surface area contributed by atoms with E-state index in [9.17, 15) is 4.39 Å². The van der Waals surface area contributed by atoms with Crippen LogP contribution in [0.15, 0.2) is 18.2 Å². The number of hydrogen-bond acceptors (Lipinski definition) is 2. The molecule has 2 rings (SSSR count). The monoisotopic (exact) mass is 242 g/mol. The van der Waals surface area contributed by atoms with Crippen molar-refractivity contribution in [3.63, 3.8) is 0 Å². The van der Waals surface area contributed by atoms with Gasteiger partial charge < -0.3 is 10.2 Å². The SMILES string of the molecule is CC1CN(c2ccc(Cl)c(F)c2)C(C)CN1. The zero-order chi connectivity index (χ0) is 11.7. The summed E-state index contributed by atoms with van der Waals surface area (Å²) in [5.41, 5.74) is 0.905. The Balaban J connectivity index is 2.24. The first kappa shape index (κ1) is 11.7. The first-order chi connectivity index (χ1) is 7.58. The van der Waals surface area contributed by atoms with Crippen LogP contribution >= 0.6 is 11.6 Å². The third kappa shape index (κ3) is 2.30. The maximum Gasteiger partial charge on any atom is 0.143 e. The molecule has 0 bridgehead atoms. The number of benzene rings is 1. The number of piperazine rings is 1. The molecule has 0 saturated carbocycles. The van der Waals surface area contributed by atoms with Gasteiger partial charge in [-0.25, -0.2) is 4.39 Å². The average Bonchev–Trinajstić information content (AvgIpc) is 2.26. The van der Waals surface area contributed by atoms with Crippen molar-refractivity contribution < 1.29 is 4.39 Å². The molecule has 2 nitrogen and oxygen atoms in total. The van der Waals surface area contributed by atoms with E-state index in [-0.39, 0.29) is 10.8 Å². The lowest BCUT2D eigenvalue weighted by atomic mass is 10.1. The van der Waals surface area contributed by atoms with Crippen LogP contribution in [0.25, 0.3) is 0 Å². The van der Waals surface area contributed by atoms with E-state index in [4.69, 9.17) is 11.6 Å². The van der Waals surface area contributed by atoms with E-state index in [1.807, 2.05) is 6.07 Å². The zero-order valence-electron chi connectivity index (χ0n) is 9.50. The van der Waals surface area contributed by atoms with Crippen molar-refractivity contribution in [3.8, 4) is 0 Å². The Hall–Kier alpha value is -0.800. The minimum absolute atomic E-state index is 0.180. The summed E-state index contributed by atoms with van der Waals surface area (Å²) >= 11 is 5.68. The second-order valence-corrected chi connectivity index (χ2v) is 4.82. The normalized spacial score (nSPS) is 25.9. The molecule has 88 valence electrons. The van der Waals surface area contributed by atoms with Gasteiger partial charge in [-0.1, -0.05) is 11.6 Å². The fraction of sp³-hybridized carbons (Fsp3) is 0.500. The molecule has 1 saturated heterocycles. The van der Waals surface area contributed by atoms with E-state index in [1.54, 1.807) is 6.07 Å². The van der Waals surface area contributed by atoms with Crippen LogP contribution in [0.3, 0.4) is 0 Å². The van der Waals surface area contributed by atoms with Crippen molar-refractivity contribution >= 4 is 17.3 Å². The van der Waals surface area contributed by atoms with Gasteiger partial charge in [0.15, 0.2) is 0 Å². The van der Waals surface area contributed by atoms with Gasteiger partial charge in [0.05, 0.1) is 5.02 Å². The maximum atomic E-state index is 13.4. The van der Waals surface area contributed by atoms with E-state index >= 15 is 0 Å². The third-order valence-corrected chi connectivity index (χ3v) is 3.31. The Morgan fingerprint density at radius 3 is 2.88 bits per heavy atom. The fourth-order valence-electron chi connectivity index (χ4n) is 2.05. The van der Waals surface area contributed by atoms with Crippen molar-refractivity contribution in [3.05, 3.63) is 29.0 Å². The molecular weight excluding hydrogens is 227 g/mol.